The van der Waals surface area contributed by atoms with E-state index >= 15 is 0 Å². The molecule has 1 saturated carbocycles. The molecule has 0 spiro atoms. The molecule has 2 N–H and O–H groups in total. The topological polar surface area (TPSA) is 66.4 Å². The third-order valence-corrected chi connectivity index (χ3v) is 4.33. The summed E-state index contributed by atoms with van der Waals surface area (Å²) in [5.41, 5.74) is 3.10. The van der Waals surface area contributed by atoms with Crippen LogP contribution in [0.2, 0.25) is 0 Å². The van der Waals surface area contributed by atoms with Crippen LogP contribution in [0.5, 0.6) is 0 Å². The third-order valence-electron chi connectivity index (χ3n) is 4.33. The molecule has 3 rings (SSSR count). The molecule has 1 unspecified atom stereocenters. The summed E-state index contributed by atoms with van der Waals surface area (Å²) in [4.78, 5) is 23.3. The van der Waals surface area contributed by atoms with Crippen molar-refractivity contribution < 1.29 is 14.7 Å². The second kappa shape index (κ2) is 7.30. The zero-order chi connectivity index (χ0) is 16.9. The highest BCUT2D eigenvalue weighted by Crippen LogP contribution is 2.33. The number of rotatable bonds is 7. The minimum absolute atomic E-state index is 0.198. The standard InChI is InChI=1S/C20H21NO3/c22-19(21-18(20(23)24)12-14-6-7-14)13-15-8-10-17(11-9-15)16-4-2-1-3-5-16/h1-5,8-11,14,18H,6-7,12-13H2,(H,21,22)(H,23,24). The first-order valence-electron chi connectivity index (χ1n) is 8.28. The van der Waals surface area contributed by atoms with E-state index < -0.39 is 12.0 Å². The van der Waals surface area contributed by atoms with Gasteiger partial charge in [0.1, 0.15) is 6.04 Å². The van der Waals surface area contributed by atoms with Gasteiger partial charge in [-0.15, -0.1) is 0 Å². The Hall–Kier alpha value is -2.62. The smallest absolute Gasteiger partial charge is 0.326 e. The van der Waals surface area contributed by atoms with Gasteiger partial charge in [-0.25, -0.2) is 4.79 Å². The van der Waals surface area contributed by atoms with Crippen LogP contribution in [0, 0.1) is 5.92 Å². The van der Waals surface area contributed by atoms with Crippen molar-refractivity contribution in [2.45, 2.75) is 31.7 Å². The van der Waals surface area contributed by atoms with Gasteiger partial charge in [0.15, 0.2) is 0 Å². The van der Waals surface area contributed by atoms with Crippen LogP contribution in [0.4, 0.5) is 0 Å². The maximum Gasteiger partial charge on any atom is 0.326 e. The number of benzene rings is 2. The number of hydrogen-bond donors (Lipinski definition) is 2. The molecule has 1 aliphatic rings. The van der Waals surface area contributed by atoms with E-state index in [9.17, 15) is 14.7 Å². The summed E-state index contributed by atoms with van der Waals surface area (Å²) in [6.45, 7) is 0. The number of amides is 1. The fourth-order valence-corrected chi connectivity index (χ4v) is 2.78. The fraction of sp³-hybridized carbons (Fsp3) is 0.300. The molecule has 0 aromatic heterocycles. The van der Waals surface area contributed by atoms with Crippen LogP contribution in [-0.2, 0) is 16.0 Å². The number of carbonyl (C=O) groups excluding carboxylic acids is 1. The van der Waals surface area contributed by atoms with Gasteiger partial charge < -0.3 is 10.4 Å². The van der Waals surface area contributed by atoms with Crippen LogP contribution in [-0.4, -0.2) is 23.0 Å². The fourth-order valence-electron chi connectivity index (χ4n) is 2.78. The Kier molecular flexibility index (Phi) is 4.94. The Morgan fingerprint density at radius 3 is 2.21 bits per heavy atom. The lowest BCUT2D eigenvalue weighted by Crippen LogP contribution is -2.41. The molecule has 1 fully saturated rings. The Morgan fingerprint density at radius 1 is 1.00 bits per heavy atom. The second-order valence-electron chi connectivity index (χ2n) is 6.38. The second-order valence-corrected chi connectivity index (χ2v) is 6.38. The first-order valence-corrected chi connectivity index (χ1v) is 8.28. The van der Waals surface area contributed by atoms with Gasteiger partial charge in [-0.1, -0.05) is 67.4 Å². The number of nitrogens with one attached hydrogen (secondary N) is 1. The molecule has 2 aromatic rings. The van der Waals surface area contributed by atoms with Crippen LogP contribution in [0.3, 0.4) is 0 Å². The Bertz CT molecular complexity index is 705. The average Bonchev–Trinajstić information content (AvgIpc) is 3.40. The van der Waals surface area contributed by atoms with Gasteiger partial charge in [0.2, 0.25) is 5.91 Å². The average molecular weight is 323 g/mol. The molecule has 1 aliphatic carbocycles. The number of aliphatic carboxylic acids is 1. The van der Waals surface area contributed by atoms with Crippen molar-refractivity contribution >= 4 is 11.9 Å². The molecule has 24 heavy (non-hydrogen) atoms. The van der Waals surface area contributed by atoms with E-state index in [0.29, 0.717) is 12.3 Å². The van der Waals surface area contributed by atoms with Gasteiger partial charge >= 0.3 is 5.97 Å². The highest BCUT2D eigenvalue weighted by molar-refractivity contribution is 5.85. The van der Waals surface area contributed by atoms with Crippen molar-refractivity contribution in [3.8, 4) is 11.1 Å². The third kappa shape index (κ3) is 4.44. The normalized spacial score (nSPS) is 14.8. The quantitative estimate of drug-likeness (QED) is 0.822. The predicted molar refractivity (Wildman–Crippen MR) is 92.5 cm³/mol. The molecule has 0 aliphatic heterocycles. The first kappa shape index (κ1) is 16.2. The van der Waals surface area contributed by atoms with E-state index in [1.807, 2.05) is 54.6 Å². The largest absolute Gasteiger partial charge is 0.480 e. The zero-order valence-corrected chi connectivity index (χ0v) is 13.4. The van der Waals surface area contributed by atoms with Gasteiger partial charge in [-0.05, 0) is 29.0 Å². The van der Waals surface area contributed by atoms with Crippen LogP contribution in [0.1, 0.15) is 24.8 Å². The summed E-state index contributed by atoms with van der Waals surface area (Å²) in [7, 11) is 0. The van der Waals surface area contributed by atoms with Crippen molar-refractivity contribution in [2.75, 3.05) is 0 Å². The number of hydrogen-bond acceptors (Lipinski definition) is 2. The molecular weight excluding hydrogens is 302 g/mol. The van der Waals surface area contributed by atoms with Crippen molar-refractivity contribution in [3.05, 3.63) is 60.2 Å². The first-order chi connectivity index (χ1) is 11.6. The number of carboxylic acid groups (broad SMARTS) is 1. The summed E-state index contributed by atoms with van der Waals surface area (Å²) >= 11 is 0. The Balaban J connectivity index is 1.58. The molecule has 1 amide bonds. The summed E-state index contributed by atoms with van der Waals surface area (Å²) in [5.74, 6) is -0.734. The van der Waals surface area contributed by atoms with Crippen LogP contribution < -0.4 is 5.32 Å². The molecule has 1 atom stereocenters. The molecule has 0 radical (unpaired) electrons. The Labute approximate surface area is 141 Å². The SMILES string of the molecule is O=C(Cc1ccc(-c2ccccc2)cc1)NC(CC1CC1)C(=O)O. The van der Waals surface area contributed by atoms with Gasteiger partial charge in [-0.3, -0.25) is 4.79 Å². The highest BCUT2D eigenvalue weighted by atomic mass is 16.4. The lowest BCUT2D eigenvalue weighted by molar-refractivity contribution is -0.142. The maximum atomic E-state index is 12.1. The maximum absolute atomic E-state index is 12.1. The molecule has 4 nitrogen and oxygen atoms in total. The van der Waals surface area contributed by atoms with Crippen molar-refractivity contribution in [1.29, 1.82) is 0 Å². The van der Waals surface area contributed by atoms with E-state index in [4.69, 9.17) is 0 Å². The van der Waals surface area contributed by atoms with Crippen LogP contribution >= 0.6 is 0 Å². The number of carbonyl (C=O) groups is 2. The molecule has 0 saturated heterocycles. The van der Waals surface area contributed by atoms with E-state index in [1.165, 1.54) is 0 Å². The van der Waals surface area contributed by atoms with E-state index in [0.717, 1.165) is 29.5 Å². The summed E-state index contributed by atoms with van der Waals surface area (Å²) in [6.07, 6.45) is 2.87. The van der Waals surface area contributed by atoms with Crippen LogP contribution in [0.25, 0.3) is 11.1 Å². The summed E-state index contributed by atoms with van der Waals surface area (Å²) in [5, 5.41) is 11.9. The summed E-state index contributed by atoms with van der Waals surface area (Å²) < 4.78 is 0. The van der Waals surface area contributed by atoms with Crippen molar-refractivity contribution in [2.24, 2.45) is 5.92 Å². The summed E-state index contributed by atoms with van der Waals surface area (Å²) in [6, 6.07) is 17.1. The van der Waals surface area contributed by atoms with E-state index in [1.54, 1.807) is 0 Å². The molecule has 0 bridgehead atoms. The zero-order valence-electron chi connectivity index (χ0n) is 13.4. The Morgan fingerprint density at radius 2 is 1.62 bits per heavy atom. The van der Waals surface area contributed by atoms with Gasteiger partial charge in [-0.2, -0.15) is 0 Å². The number of carboxylic acids is 1. The predicted octanol–water partition coefficient (Wildman–Crippen LogP) is 3.27. The van der Waals surface area contributed by atoms with Gasteiger partial charge in [0, 0.05) is 0 Å². The van der Waals surface area contributed by atoms with Gasteiger partial charge in [0.05, 0.1) is 6.42 Å². The molecule has 124 valence electrons. The molecule has 2 aromatic carbocycles. The lowest BCUT2D eigenvalue weighted by atomic mass is 10.0. The lowest BCUT2D eigenvalue weighted by Gasteiger charge is -2.14. The minimum Gasteiger partial charge on any atom is -0.480 e. The van der Waals surface area contributed by atoms with E-state index in [-0.39, 0.29) is 12.3 Å². The molecule has 0 heterocycles. The van der Waals surface area contributed by atoms with Gasteiger partial charge in [0.25, 0.3) is 0 Å². The highest BCUT2D eigenvalue weighted by Gasteiger charge is 2.30. The van der Waals surface area contributed by atoms with Crippen molar-refractivity contribution in [1.82, 2.24) is 5.32 Å². The monoisotopic (exact) mass is 323 g/mol. The van der Waals surface area contributed by atoms with E-state index in [2.05, 4.69) is 5.32 Å². The minimum atomic E-state index is -0.949. The van der Waals surface area contributed by atoms with Crippen LogP contribution in [0.15, 0.2) is 54.6 Å². The van der Waals surface area contributed by atoms with Crippen molar-refractivity contribution in [3.63, 3.8) is 0 Å². The molecular formula is C20H21NO3. The molecule has 4 heteroatoms.